The van der Waals surface area contributed by atoms with Gasteiger partial charge < -0.3 is 4.74 Å². The minimum atomic E-state index is 0.463. The van der Waals surface area contributed by atoms with E-state index in [1.165, 1.54) is 0 Å². The van der Waals surface area contributed by atoms with Crippen LogP contribution in [0, 0.1) is 0 Å². The largest absolute Gasteiger partial charge is 0.493 e. The fourth-order valence-corrected chi connectivity index (χ4v) is 1.66. The average molecular weight is 255 g/mol. The number of benzene rings is 1. The number of aliphatic imine (C=N–C) groups is 1. The number of para-hydroxylation sites is 1. The van der Waals surface area contributed by atoms with E-state index in [9.17, 15) is 0 Å². The summed E-state index contributed by atoms with van der Waals surface area (Å²) in [5.41, 5.74) is 1.82. The average Bonchev–Trinajstić information content (AvgIpc) is 2.46. The Kier molecular flexibility index (Phi) is 4.61. The van der Waals surface area contributed by atoms with Crippen LogP contribution in [-0.4, -0.2) is 22.3 Å². The Bertz CT molecular complexity index is 552. The van der Waals surface area contributed by atoms with Gasteiger partial charge >= 0.3 is 0 Å². The van der Waals surface area contributed by atoms with Crippen LogP contribution in [0.3, 0.4) is 0 Å². The van der Waals surface area contributed by atoms with Crippen molar-refractivity contribution in [3.8, 4) is 5.75 Å². The van der Waals surface area contributed by atoms with Crippen LogP contribution in [0.5, 0.6) is 5.75 Å². The number of aromatic nitrogens is 2. The molecule has 0 radical (unpaired) electrons. The van der Waals surface area contributed by atoms with Gasteiger partial charge in [0.05, 0.1) is 12.3 Å². The van der Waals surface area contributed by atoms with Crippen molar-refractivity contribution in [2.24, 2.45) is 4.99 Å². The summed E-state index contributed by atoms with van der Waals surface area (Å²) in [4.78, 5) is 12.6. The molecule has 0 saturated carbocycles. The normalized spacial score (nSPS) is 11.4. The summed E-state index contributed by atoms with van der Waals surface area (Å²) in [5.74, 6) is 1.31. The highest BCUT2D eigenvalue weighted by Crippen LogP contribution is 2.20. The molecule has 0 saturated heterocycles. The molecule has 4 heteroatoms. The van der Waals surface area contributed by atoms with E-state index >= 15 is 0 Å². The maximum atomic E-state index is 5.72. The molecule has 98 valence electrons. The lowest BCUT2D eigenvalue weighted by Gasteiger charge is -2.10. The highest BCUT2D eigenvalue weighted by Gasteiger charge is 2.06. The van der Waals surface area contributed by atoms with Gasteiger partial charge in [-0.05, 0) is 31.5 Å². The van der Waals surface area contributed by atoms with Gasteiger partial charge in [0.15, 0.2) is 0 Å². The fourth-order valence-electron chi connectivity index (χ4n) is 1.66. The van der Waals surface area contributed by atoms with E-state index in [4.69, 9.17) is 4.74 Å². The molecule has 0 aliphatic rings. The van der Waals surface area contributed by atoms with E-state index < -0.39 is 0 Å². The third-order valence-electron chi connectivity index (χ3n) is 2.56. The molecule has 0 amide bonds. The molecule has 0 aliphatic heterocycles. The second-order valence-corrected chi connectivity index (χ2v) is 4.09. The minimum absolute atomic E-state index is 0.463. The van der Waals surface area contributed by atoms with Crippen LogP contribution in [0.25, 0.3) is 0 Å². The quantitative estimate of drug-likeness (QED) is 0.769. The van der Waals surface area contributed by atoms with Crippen LogP contribution in [0.1, 0.15) is 25.8 Å². The van der Waals surface area contributed by atoms with Crippen molar-refractivity contribution < 1.29 is 4.74 Å². The molecule has 1 aromatic carbocycles. The van der Waals surface area contributed by atoms with E-state index in [0.717, 1.165) is 23.4 Å². The summed E-state index contributed by atoms with van der Waals surface area (Å²) in [5, 5.41) is 0. The summed E-state index contributed by atoms with van der Waals surface area (Å²) >= 11 is 0. The predicted molar refractivity (Wildman–Crippen MR) is 76.1 cm³/mol. The molecule has 0 aliphatic carbocycles. The molecule has 0 spiro atoms. The molecule has 1 aromatic heterocycles. The second-order valence-electron chi connectivity index (χ2n) is 4.09. The first-order chi connectivity index (χ1) is 9.31. The predicted octanol–water partition coefficient (Wildman–Crippen LogP) is 3.41. The lowest BCUT2D eigenvalue weighted by Crippen LogP contribution is -2.02. The highest BCUT2D eigenvalue weighted by atomic mass is 16.5. The number of hydrogen-bond donors (Lipinski definition) is 0. The monoisotopic (exact) mass is 255 g/mol. The minimum Gasteiger partial charge on any atom is -0.493 e. The van der Waals surface area contributed by atoms with Crippen molar-refractivity contribution in [3.05, 3.63) is 48.3 Å². The third-order valence-corrected chi connectivity index (χ3v) is 2.56. The van der Waals surface area contributed by atoms with E-state index in [1.807, 2.05) is 31.2 Å². The number of rotatable bonds is 5. The van der Waals surface area contributed by atoms with Crippen molar-refractivity contribution in [1.82, 2.24) is 9.97 Å². The van der Waals surface area contributed by atoms with Crippen LogP contribution in [0.4, 0.5) is 5.95 Å². The molecule has 0 unspecified atom stereocenters. The van der Waals surface area contributed by atoms with Crippen molar-refractivity contribution in [2.75, 3.05) is 6.61 Å². The van der Waals surface area contributed by atoms with Crippen molar-refractivity contribution in [1.29, 1.82) is 0 Å². The van der Waals surface area contributed by atoms with E-state index in [2.05, 4.69) is 21.9 Å². The topological polar surface area (TPSA) is 47.4 Å². The smallest absolute Gasteiger partial charge is 0.249 e. The number of ether oxygens (including phenoxy) is 1. The Hall–Kier alpha value is -2.23. The summed E-state index contributed by atoms with van der Waals surface area (Å²) in [6.45, 7) is 4.72. The maximum Gasteiger partial charge on any atom is 0.249 e. The molecule has 0 atom stereocenters. The Balaban J connectivity index is 2.28. The van der Waals surface area contributed by atoms with Gasteiger partial charge in [0.25, 0.3) is 0 Å². The Morgan fingerprint density at radius 2 is 1.89 bits per heavy atom. The van der Waals surface area contributed by atoms with Gasteiger partial charge in [-0.25, -0.2) is 15.0 Å². The van der Waals surface area contributed by atoms with Gasteiger partial charge in [-0.2, -0.15) is 0 Å². The SMILES string of the molecule is CCCOc1ccccc1C(C)=Nc1ncccn1. The molecular formula is C15H17N3O. The molecule has 0 N–H and O–H groups in total. The molecule has 0 fully saturated rings. The van der Waals surface area contributed by atoms with Gasteiger partial charge in [0, 0.05) is 18.0 Å². The van der Waals surface area contributed by atoms with Crippen molar-refractivity contribution in [3.63, 3.8) is 0 Å². The van der Waals surface area contributed by atoms with E-state index in [0.29, 0.717) is 12.6 Å². The molecule has 2 rings (SSSR count). The summed E-state index contributed by atoms with van der Waals surface area (Å²) in [6, 6.07) is 9.65. The van der Waals surface area contributed by atoms with Gasteiger partial charge in [-0.15, -0.1) is 0 Å². The fraction of sp³-hybridized carbons (Fsp3) is 0.267. The van der Waals surface area contributed by atoms with E-state index in [1.54, 1.807) is 18.5 Å². The third kappa shape index (κ3) is 3.61. The molecular weight excluding hydrogens is 238 g/mol. The molecule has 0 bridgehead atoms. The first-order valence-electron chi connectivity index (χ1n) is 6.35. The van der Waals surface area contributed by atoms with Crippen LogP contribution in [-0.2, 0) is 0 Å². The molecule has 2 aromatic rings. The van der Waals surface area contributed by atoms with Crippen molar-refractivity contribution >= 4 is 11.7 Å². The van der Waals surface area contributed by atoms with Crippen LogP contribution in [0.15, 0.2) is 47.7 Å². The Morgan fingerprint density at radius 3 is 2.63 bits per heavy atom. The van der Waals surface area contributed by atoms with Crippen LogP contribution >= 0.6 is 0 Å². The zero-order chi connectivity index (χ0) is 13.5. The number of hydrogen-bond acceptors (Lipinski definition) is 4. The highest BCUT2D eigenvalue weighted by molar-refractivity contribution is 6.02. The summed E-state index contributed by atoms with van der Waals surface area (Å²) in [6.07, 6.45) is 4.34. The van der Waals surface area contributed by atoms with Crippen LogP contribution < -0.4 is 4.74 Å². The van der Waals surface area contributed by atoms with Gasteiger partial charge in [-0.1, -0.05) is 19.1 Å². The zero-order valence-corrected chi connectivity index (χ0v) is 11.2. The first kappa shape index (κ1) is 13.2. The number of nitrogens with zero attached hydrogens (tertiary/aromatic N) is 3. The second kappa shape index (κ2) is 6.64. The Morgan fingerprint density at radius 1 is 1.16 bits per heavy atom. The van der Waals surface area contributed by atoms with Gasteiger partial charge in [0.2, 0.25) is 5.95 Å². The first-order valence-corrected chi connectivity index (χ1v) is 6.35. The molecule has 19 heavy (non-hydrogen) atoms. The zero-order valence-electron chi connectivity index (χ0n) is 11.2. The lowest BCUT2D eigenvalue weighted by atomic mass is 10.1. The van der Waals surface area contributed by atoms with Crippen LogP contribution in [0.2, 0.25) is 0 Å². The van der Waals surface area contributed by atoms with Crippen molar-refractivity contribution in [2.45, 2.75) is 20.3 Å². The Labute approximate surface area is 113 Å². The summed E-state index contributed by atoms with van der Waals surface area (Å²) in [7, 11) is 0. The van der Waals surface area contributed by atoms with E-state index in [-0.39, 0.29) is 0 Å². The summed E-state index contributed by atoms with van der Waals surface area (Å²) < 4.78 is 5.72. The maximum absolute atomic E-state index is 5.72. The standard InChI is InChI=1S/C15H17N3O/c1-3-11-19-14-8-5-4-7-13(14)12(2)18-15-16-9-6-10-17-15/h4-10H,3,11H2,1-2H3. The van der Waals surface area contributed by atoms with Gasteiger partial charge in [0.1, 0.15) is 5.75 Å². The lowest BCUT2D eigenvalue weighted by molar-refractivity contribution is 0.317. The van der Waals surface area contributed by atoms with Gasteiger partial charge in [-0.3, -0.25) is 0 Å². The molecule has 1 heterocycles. The molecule has 4 nitrogen and oxygen atoms in total.